The van der Waals surface area contributed by atoms with Crippen LogP contribution in [0.5, 0.6) is 0 Å². The normalized spacial score (nSPS) is 19.9. The molecule has 0 aliphatic carbocycles. The van der Waals surface area contributed by atoms with Crippen LogP contribution >= 0.6 is 0 Å². The molecule has 0 bridgehead atoms. The van der Waals surface area contributed by atoms with Crippen molar-refractivity contribution in [3.05, 3.63) is 29.6 Å². The molecule has 1 fully saturated rings. The minimum Gasteiger partial charge on any atom is -0.301 e. The van der Waals surface area contributed by atoms with Crippen molar-refractivity contribution in [2.75, 3.05) is 26.3 Å². The van der Waals surface area contributed by atoms with Crippen molar-refractivity contribution in [3.63, 3.8) is 0 Å². The molecule has 2 rings (SSSR count). The number of hydrogen-bond donors (Lipinski definition) is 0. The summed E-state index contributed by atoms with van der Waals surface area (Å²) in [6, 6.07) is 4.28. The molecule has 2 heterocycles. The van der Waals surface area contributed by atoms with Crippen LogP contribution in [0.1, 0.15) is 36.9 Å². The van der Waals surface area contributed by atoms with Crippen LogP contribution in [0.25, 0.3) is 0 Å². The van der Waals surface area contributed by atoms with E-state index in [0.717, 1.165) is 25.9 Å². The van der Waals surface area contributed by atoms with Gasteiger partial charge in [0.05, 0.1) is 0 Å². The van der Waals surface area contributed by atoms with E-state index in [4.69, 9.17) is 0 Å². The average molecular weight is 250 g/mol. The van der Waals surface area contributed by atoms with Gasteiger partial charge in [0.25, 0.3) is 0 Å². The van der Waals surface area contributed by atoms with Gasteiger partial charge in [0.1, 0.15) is 6.67 Å². The fourth-order valence-electron chi connectivity index (χ4n) is 2.79. The Morgan fingerprint density at radius 2 is 2.11 bits per heavy atom. The summed E-state index contributed by atoms with van der Waals surface area (Å²) >= 11 is 0. The second kappa shape index (κ2) is 6.28. The number of piperidine rings is 1. The van der Waals surface area contributed by atoms with Crippen LogP contribution in [0.3, 0.4) is 0 Å². The van der Waals surface area contributed by atoms with Crippen LogP contribution in [0.15, 0.2) is 18.3 Å². The van der Waals surface area contributed by atoms with Crippen LogP contribution in [0.4, 0.5) is 4.39 Å². The van der Waals surface area contributed by atoms with Gasteiger partial charge in [-0.05, 0) is 50.4 Å². The minimum atomic E-state index is -0.222. The molecule has 1 aliphatic heterocycles. The van der Waals surface area contributed by atoms with Crippen molar-refractivity contribution >= 4 is 0 Å². The Hall–Kier alpha value is -0.960. The lowest BCUT2D eigenvalue weighted by atomic mass is 9.83. The second-order valence-electron chi connectivity index (χ2n) is 5.42. The topological polar surface area (TPSA) is 16.1 Å². The van der Waals surface area contributed by atoms with Crippen molar-refractivity contribution in [2.24, 2.45) is 5.92 Å². The molecule has 0 aromatic carbocycles. The van der Waals surface area contributed by atoms with Gasteiger partial charge >= 0.3 is 0 Å². The number of aryl methyl sites for hydroxylation is 1. The van der Waals surface area contributed by atoms with Gasteiger partial charge in [0, 0.05) is 24.4 Å². The molecular weight excluding hydrogens is 227 g/mol. The number of pyridine rings is 1. The minimum absolute atomic E-state index is 0.222. The third-order valence-electron chi connectivity index (χ3n) is 4.14. The van der Waals surface area contributed by atoms with Gasteiger partial charge in [-0.2, -0.15) is 0 Å². The standard InChI is InChI=1S/C15H23FN2/c1-12-3-4-15(17-11-12)13(2)14-5-8-18(9-6-14)10-7-16/h3-4,11,13-14H,5-10H2,1-2H3. The lowest BCUT2D eigenvalue weighted by Crippen LogP contribution is -2.36. The largest absolute Gasteiger partial charge is 0.301 e. The van der Waals surface area contributed by atoms with Crippen molar-refractivity contribution < 1.29 is 4.39 Å². The van der Waals surface area contributed by atoms with Gasteiger partial charge in [-0.3, -0.25) is 4.98 Å². The third-order valence-corrected chi connectivity index (χ3v) is 4.14. The monoisotopic (exact) mass is 250 g/mol. The molecule has 0 N–H and O–H groups in total. The fraction of sp³-hybridized carbons (Fsp3) is 0.667. The predicted octanol–water partition coefficient (Wildman–Crippen LogP) is 3.18. The smallest absolute Gasteiger partial charge is 0.102 e. The first-order chi connectivity index (χ1) is 8.70. The summed E-state index contributed by atoms with van der Waals surface area (Å²) in [6.07, 6.45) is 4.28. The van der Waals surface area contributed by atoms with E-state index in [-0.39, 0.29) is 6.67 Å². The Balaban J connectivity index is 1.91. The molecule has 1 aromatic rings. The van der Waals surface area contributed by atoms with E-state index in [1.54, 1.807) is 0 Å². The summed E-state index contributed by atoms with van der Waals surface area (Å²) in [5, 5.41) is 0. The fourth-order valence-corrected chi connectivity index (χ4v) is 2.79. The van der Waals surface area contributed by atoms with Crippen molar-refractivity contribution in [3.8, 4) is 0 Å². The van der Waals surface area contributed by atoms with Crippen molar-refractivity contribution in [2.45, 2.75) is 32.6 Å². The molecule has 0 spiro atoms. The highest BCUT2D eigenvalue weighted by Gasteiger charge is 2.25. The zero-order valence-electron chi connectivity index (χ0n) is 11.4. The average Bonchev–Trinajstić information content (AvgIpc) is 2.40. The first kappa shape index (κ1) is 13.5. The summed E-state index contributed by atoms with van der Waals surface area (Å²) in [6.45, 7) is 6.78. The van der Waals surface area contributed by atoms with E-state index in [9.17, 15) is 4.39 Å². The van der Waals surface area contributed by atoms with Gasteiger partial charge in [-0.15, -0.1) is 0 Å². The molecule has 3 heteroatoms. The van der Waals surface area contributed by atoms with E-state index in [1.165, 1.54) is 11.3 Å². The molecule has 100 valence electrons. The molecule has 1 saturated heterocycles. The molecule has 1 atom stereocenters. The maximum Gasteiger partial charge on any atom is 0.102 e. The second-order valence-corrected chi connectivity index (χ2v) is 5.42. The summed E-state index contributed by atoms with van der Waals surface area (Å²) in [4.78, 5) is 6.76. The predicted molar refractivity (Wildman–Crippen MR) is 72.5 cm³/mol. The molecule has 18 heavy (non-hydrogen) atoms. The van der Waals surface area contributed by atoms with E-state index >= 15 is 0 Å². The molecular formula is C15H23FN2. The first-order valence-electron chi connectivity index (χ1n) is 6.91. The first-order valence-corrected chi connectivity index (χ1v) is 6.91. The van der Waals surface area contributed by atoms with Crippen molar-refractivity contribution in [1.29, 1.82) is 0 Å². The number of hydrogen-bond acceptors (Lipinski definition) is 2. The number of rotatable bonds is 4. The number of halogens is 1. The lowest BCUT2D eigenvalue weighted by Gasteiger charge is -2.34. The third kappa shape index (κ3) is 3.29. The molecule has 2 nitrogen and oxygen atoms in total. The molecule has 0 radical (unpaired) electrons. The summed E-state index contributed by atoms with van der Waals surface area (Å²) in [5.74, 6) is 1.20. The van der Waals surface area contributed by atoms with E-state index in [0.29, 0.717) is 18.4 Å². The molecule has 1 aromatic heterocycles. The number of nitrogens with zero attached hydrogens (tertiary/aromatic N) is 2. The Morgan fingerprint density at radius 1 is 1.39 bits per heavy atom. The van der Waals surface area contributed by atoms with Crippen molar-refractivity contribution in [1.82, 2.24) is 9.88 Å². The van der Waals surface area contributed by atoms with E-state index < -0.39 is 0 Å². The maximum atomic E-state index is 12.3. The zero-order chi connectivity index (χ0) is 13.0. The highest BCUT2D eigenvalue weighted by atomic mass is 19.1. The molecule has 1 aliphatic rings. The number of alkyl halides is 1. The van der Waals surface area contributed by atoms with Gasteiger partial charge < -0.3 is 4.90 Å². The Bertz CT molecular complexity index is 355. The lowest BCUT2D eigenvalue weighted by molar-refractivity contribution is 0.161. The molecule has 1 unspecified atom stereocenters. The van der Waals surface area contributed by atoms with Crippen LogP contribution in [0.2, 0.25) is 0 Å². The van der Waals surface area contributed by atoms with Crippen LogP contribution in [-0.2, 0) is 0 Å². The maximum absolute atomic E-state index is 12.3. The number of aromatic nitrogens is 1. The quantitative estimate of drug-likeness (QED) is 0.816. The zero-order valence-corrected chi connectivity index (χ0v) is 11.4. The Morgan fingerprint density at radius 3 is 2.67 bits per heavy atom. The van der Waals surface area contributed by atoms with Crippen LogP contribution in [-0.4, -0.2) is 36.2 Å². The number of likely N-dealkylation sites (tertiary alicyclic amines) is 1. The van der Waals surface area contributed by atoms with E-state index in [1.807, 2.05) is 6.20 Å². The summed E-state index contributed by atoms with van der Waals surface area (Å²) in [5.41, 5.74) is 2.41. The summed E-state index contributed by atoms with van der Waals surface area (Å²) in [7, 11) is 0. The van der Waals surface area contributed by atoms with E-state index in [2.05, 4.69) is 35.9 Å². The van der Waals surface area contributed by atoms with Crippen LogP contribution < -0.4 is 0 Å². The summed E-state index contributed by atoms with van der Waals surface area (Å²) < 4.78 is 12.3. The van der Waals surface area contributed by atoms with Gasteiger partial charge in [-0.25, -0.2) is 4.39 Å². The van der Waals surface area contributed by atoms with Gasteiger partial charge in [0.2, 0.25) is 0 Å². The van der Waals surface area contributed by atoms with Gasteiger partial charge in [0.15, 0.2) is 0 Å². The van der Waals surface area contributed by atoms with Crippen LogP contribution in [0, 0.1) is 12.8 Å². The van der Waals surface area contributed by atoms with Gasteiger partial charge in [-0.1, -0.05) is 13.0 Å². The SMILES string of the molecule is Cc1ccc(C(C)C2CCN(CCF)CC2)nc1. The molecule has 0 saturated carbocycles. The Kier molecular flexibility index (Phi) is 4.70. The highest BCUT2D eigenvalue weighted by molar-refractivity contribution is 5.15. The molecule has 0 amide bonds. The Labute approximate surface area is 109 Å². The highest BCUT2D eigenvalue weighted by Crippen LogP contribution is 2.31.